The third kappa shape index (κ3) is 3.02. The average Bonchev–Trinajstić information content (AvgIpc) is 2.90. The fraction of sp³-hybridized carbons (Fsp3) is 0.231. The van der Waals surface area contributed by atoms with Crippen LogP contribution in [-0.4, -0.2) is 29.3 Å². The van der Waals surface area contributed by atoms with Crippen LogP contribution < -0.4 is 11.1 Å². The Morgan fingerprint density at radius 1 is 1.47 bits per heavy atom. The number of rotatable bonds is 4. The minimum Gasteiger partial charge on any atom is -0.354 e. The molecule has 0 saturated heterocycles. The fourth-order valence-corrected chi connectivity index (χ4v) is 2.32. The van der Waals surface area contributed by atoms with E-state index in [0.717, 1.165) is 22.1 Å². The van der Waals surface area contributed by atoms with Gasteiger partial charge in [0.25, 0.3) is 5.91 Å². The summed E-state index contributed by atoms with van der Waals surface area (Å²) in [6.07, 6.45) is 2.58. The second-order valence-electron chi connectivity index (χ2n) is 4.04. The van der Waals surface area contributed by atoms with Gasteiger partial charge in [-0.05, 0) is 36.7 Å². The van der Waals surface area contributed by atoms with Crippen LogP contribution in [0.3, 0.4) is 0 Å². The van der Waals surface area contributed by atoms with Gasteiger partial charge in [0, 0.05) is 17.7 Å². The normalized spacial score (nSPS) is 10.5. The van der Waals surface area contributed by atoms with Gasteiger partial charge in [0.2, 0.25) is 0 Å². The van der Waals surface area contributed by atoms with Gasteiger partial charge in [-0.15, -0.1) is 0 Å². The Hall–Kier alpha value is -1.66. The molecule has 0 aliphatic rings. The van der Waals surface area contributed by atoms with Crippen LogP contribution in [0, 0.1) is 0 Å². The van der Waals surface area contributed by atoms with Gasteiger partial charge in [-0.2, -0.15) is 5.10 Å². The molecular weight excluding hydrogens is 308 g/mol. The van der Waals surface area contributed by atoms with E-state index in [1.165, 1.54) is 0 Å². The number of halogens is 1. The number of carbonyl (C=O) groups is 1. The molecule has 2 rings (SSSR count). The van der Waals surface area contributed by atoms with E-state index in [9.17, 15) is 4.79 Å². The van der Waals surface area contributed by atoms with Gasteiger partial charge >= 0.3 is 0 Å². The molecule has 5 nitrogen and oxygen atoms in total. The topological polar surface area (TPSA) is 72.9 Å². The molecule has 0 fully saturated rings. The van der Waals surface area contributed by atoms with Crippen molar-refractivity contribution in [1.82, 2.24) is 15.1 Å². The predicted molar refractivity (Wildman–Crippen MR) is 77.4 cm³/mol. The van der Waals surface area contributed by atoms with Gasteiger partial charge in [-0.1, -0.05) is 22.0 Å². The largest absolute Gasteiger partial charge is 0.354 e. The summed E-state index contributed by atoms with van der Waals surface area (Å²) < 4.78 is 2.66. The van der Waals surface area contributed by atoms with Crippen molar-refractivity contribution in [2.24, 2.45) is 5.73 Å². The van der Waals surface area contributed by atoms with Crippen molar-refractivity contribution < 1.29 is 4.79 Å². The van der Waals surface area contributed by atoms with E-state index in [0.29, 0.717) is 12.2 Å². The number of nitrogens with two attached hydrogens (primary N) is 1. The maximum atomic E-state index is 11.5. The van der Waals surface area contributed by atoms with Crippen molar-refractivity contribution in [1.29, 1.82) is 0 Å². The quantitative estimate of drug-likeness (QED) is 0.895. The molecule has 0 aliphatic heterocycles. The van der Waals surface area contributed by atoms with Gasteiger partial charge in [0.05, 0.1) is 5.69 Å². The Morgan fingerprint density at radius 3 is 2.89 bits per heavy atom. The highest BCUT2D eigenvalue weighted by Gasteiger charge is 2.09. The fourth-order valence-electron chi connectivity index (χ4n) is 1.75. The number of carbonyl (C=O) groups excluding carboxylic acids is 1. The lowest BCUT2D eigenvalue weighted by atomic mass is 10.1. The number of aromatic nitrogens is 2. The van der Waals surface area contributed by atoms with Gasteiger partial charge in [0.1, 0.15) is 0 Å². The summed E-state index contributed by atoms with van der Waals surface area (Å²) in [6, 6.07) is 7.61. The highest BCUT2D eigenvalue weighted by Crippen LogP contribution is 2.21. The lowest BCUT2D eigenvalue weighted by Gasteiger charge is -2.06. The minimum absolute atomic E-state index is 0.197. The molecule has 0 aliphatic carbocycles. The van der Waals surface area contributed by atoms with Crippen LogP contribution in [0.1, 0.15) is 16.1 Å². The molecule has 1 aromatic carbocycles. The Bertz CT molecular complexity index is 594. The zero-order valence-corrected chi connectivity index (χ0v) is 12.1. The summed E-state index contributed by atoms with van der Waals surface area (Å²) in [4.78, 5) is 11.5. The third-order valence-corrected chi connectivity index (χ3v) is 3.50. The highest BCUT2D eigenvalue weighted by molar-refractivity contribution is 9.10. The van der Waals surface area contributed by atoms with E-state index in [2.05, 4.69) is 26.3 Å². The van der Waals surface area contributed by atoms with Crippen molar-refractivity contribution in [3.05, 3.63) is 46.2 Å². The highest BCUT2D eigenvalue weighted by atomic mass is 79.9. The monoisotopic (exact) mass is 322 g/mol. The van der Waals surface area contributed by atoms with E-state index in [4.69, 9.17) is 5.73 Å². The second-order valence-corrected chi connectivity index (χ2v) is 4.89. The maximum Gasteiger partial charge on any atom is 0.271 e. The van der Waals surface area contributed by atoms with Crippen molar-refractivity contribution in [3.63, 3.8) is 0 Å². The van der Waals surface area contributed by atoms with Crippen molar-refractivity contribution in [2.45, 2.75) is 6.42 Å². The minimum atomic E-state index is -0.197. The maximum absolute atomic E-state index is 11.5. The molecular formula is C13H15BrN4O. The van der Waals surface area contributed by atoms with Crippen LogP contribution in [0.2, 0.25) is 0 Å². The molecule has 3 N–H and O–H groups in total. The molecule has 6 heteroatoms. The first-order valence-corrected chi connectivity index (χ1v) is 6.71. The number of amides is 1. The van der Waals surface area contributed by atoms with Crippen LogP contribution in [-0.2, 0) is 6.42 Å². The molecule has 0 bridgehead atoms. The first kappa shape index (κ1) is 13.8. The summed E-state index contributed by atoms with van der Waals surface area (Å²) in [5.74, 6) is -0.197. The predicted octanol–water partition coefficient (Wildman–Crippen LogP) is 1.50. The molecule has 0 spiro atoms. The van der Waals surface area contributed by atoms with Gasteiger partial charge in [0.15, 0.2) is 5.69 Å². The van der Waals surface area contributed by atoms with Crippen LogP contribution in [0.4, 0.5) is 0 Å². The second kappa shape index (κ2) is 5.99. The smallest absolute Gasteiger partial charge is 0.271 e. The van der Waals surface area contributed by atoms with Gasteiger partial charge in [-0.3, -0.25) is 4.79 Å². The molecule has 0 radical (unpaired) electrons. The Labute approximate surface area is 119 Å². The van der Waals surface area contributed by atoms with E-state index < -0.39 is 0 Å². The lowest BCUT2D eigenvalue weighted by Crippen LogP contribution is -2.18. The standard InChI is InChI=1S/C13H15BrN4O/c1-16-13(19)12-5-7-18(17-12)10-3-2-9(4-6-15)11(14)8-10/h2-3,5,7-8H,4,6,15H2,1H3,(H,16,19). The van der Waals surface area contributed by atoms with Crippen LogP contribution in [0.15, 0.2) is 34.9 Å². The molecule has 2 aromatic rings. The van der Waals surface area contributed by atoms with Crippen LogP contribution in [0.5, 0.6) is 0 Å². The van der Waals surface area contributed by atoms with E-state index in [-0.39, 0.29) is 5.91 Å². The Kier molecular flexibility index (Phi) is 4.34. The van der Waals surface area contributed by atoms with Crippen molar-refractivity contribution in [3.8, 4) is 5.69 Å². The molecule has 0 saturated carbocycles. The molecule has 0 unspecified atom stereocenters. The summed E-state index contributed by atoms with van der Waals surface area (Å²) in [6.45, 7) is 0.612. The lowest BCUT2D eigenvalue weighted by molar-refractivity contribution is 0.0957. The molecule has 1 aromatic heterocycles. The molecule has 19 heavy (non-hydrogen) atoms. The number of nitrogens with one attached hydrogen (secondary N) is 1. The number of hydrogen-bond donors (Lipinski definition) is 2. The van der Waals surface area contributed by atoms with Gasteiger partial charge < -0.3 is 11.1 Å². The summed E-state index contributed by atoms with van der Waals surface area (Å²) in [7, 11) is 1.58. The molecule has 1 heterocycles. The third-order valence-electron chi connectivity index (χ3n) is 2.76. The summed E-state index contributed by atoms with van der Waals surface area (Å²) >= 11 is 3.52. The number of benzene rings is 1. The Balaban J connectivity index is 2.29. The van der Waals surface area contributed by atoms with Crippen LogP contribution in [0.25, 0.3) is 5.69 Å². The SMILES string of the molecule is CNC(=O)c1ccn(-c2ccc(CCN)c(Br)c2)n1. The zero-order chi connectivity index (χ0) is 13.8. The van der Waals surface area contributed by atoms with E-state index in [1.807, 2.05) is 18.2 Å². The summed E-state index contributed by atoms with van der Waals surface area (Å²) in [5.41, 5.74) is 7.99. The number of hydrogen-bond acceptors (Lipinski definition) is 3. The van der Waals surface area contributed by atoms with E-state index >= 15 is 0 Å². The molecule has 1 amide bonds. The van der Waals surface area contributed by atoms with E-state index in [1.54, 1.807) is 24.0 Å². The zero-order valence-electron chi connectivity index (χ0n) is 10.6. The summed E-state index contributed by atoms with van der Waals surface area (Å²) in [5, 5.41) is 6.77. The average molecular weight is 323 g/mol. The first-order valence-electron chi connectivity index (χ1n) is 5.92. The van der Waals surface area contributed by atoms with Crippen molar-refractivity contribution >= 4 is 21.8 Å². The molecule has 0 atom stereocenters. The Morgan fingerprint density at radius 2 is 2.26 bits per heavy atom. The molecule has 100 valence electrons. The number of nitrogens with zero attached hydrogens (tertiary/aromatic N) is 2. The van der Waals surface area contributed by atoms with Crippen LogP contribution >= 0.6 is 15.9 Å². The van der Waals surface area contributed by atoms with Gasteiger partial charge in [-0.25, -0.2) is 4.68 Å². The first-order chi connectivity index (χ1) is 9.15. The van der Waals surface area contributed by atoms with Crippen molar-refractivity contribution in [2.75, 3.05) is 13.6 Å².